The van der Waals surface area contributed by atoms with Crippen LogP contribution in [0.25, 0.3) is 21.5 Å². The van der Waals surface area contributed by atoms with E-state index < -0.39 is 0 Å². The van der Waals surface area contributed by atoms with Gasteiger partial charge < -0.3 is 14.9 Å². The van der Waals surface area contributed by atoms with E-state index in [1.54, 1.807) is 19.2 Å². The fraction of sp³-hybridized carbons (Fsp3) is 0.111. The van der Waals surface area contributed by atoms with Crippen molar-refractivity contribution in [1.82, 2.24) is 0 Å². The molecule has 0 aliphatic carbocycles. The van der Waals surface area contributed by atoms with Crippen LogP contribution < -0.4 is 0 Å². The largest absolute Gasteiger partial charge is 0.184 e. The van der Waals surface area contributed by atoms with Crippen LogP contribution in [0.2, 0.25) is 0 Å². The van der Waals surface area contributed by atoms with Gasteiger partial charge in [-0.15, -0.1) is 81.2 Å². The fourth-order valence-corrected chi connectivity index (χ4v) is 3.52. The van der Waals surface area contributed by atoms with Crippen LogP contribution in [0.1, 0.15) is 25.0 Å². The van der Waals surface area contributed by atoms with Gasteiger partial charge in [0.2, 0.25) is 0 Å². The minimum absolute atomic E-state index is 0. The van der Waals surface area contributed by atoms with Gasteiger partial charge in [0.1, 0.15) is 0 Å². The summed E-state index contributed by atoms with van der Waals surface area (Å²) in [6.45, 7) is 4.38. The predicted molar refractivity (Wildman–Crippen MR) is 167 cm³/mol. The summed E-state index contributed by atoms with van der Waals surface area (Å²) in [6.07, 6.45) is 2.27. The van der Waals surface area contributed by atoms with Crippen molar-refractivity contribution in [2.75, 3.05) is 0 Å². The summed E-state index contributed by atoms with van der Waals surface area (Å²) >= 11 is 1.81. The van der Waals surface area contributed by atoms with Crippen molar-refractivity contribution >= 4 is 29.2 Å². The van der Waals surface area contributed by atoms with Crippen molar-refractivity contribution < 1.29 is 19.2 Å². The number of rotatable bonds is 2. The van der Waals surface area contributed by atoms with Crippen molar-refractivity contribution in [3.8, 4) is 0 Å². The molecule has 0 aromatic heterocycles. The van der Waals surface area contributed by atoms with E-state index in [1.807, 2.05) is 60.7 Å². The minimum Gasteiger partial charge on any atom is -0.184 e. The molecule has 0 unspecified atom stereocenters. The third-order valence-electron chi connectivity index (χ3n) is 5.39. The van der Waals surface area contributed by atoms with Crippen molar-refractivity contribution in [2.45, 2.75) is 26.7 Å². The summed E-state index contributed by atoms with van der Waals surface area (Å²) in [4.78, 5) is 0. The monoisotopic (exact) mass is 546 g/mol. The van der Waals surface area contributed by atoms with Gasteiger partial charge in [0.05, 0.1) is 0 Å². The van der Waals surface area contributed by atoms with Crippen molar-refractivity contribution in [3.63, 3.8) is 0 Å². The third-order valence-corrected chi connectivity index (χ3v) is 5.39. The van der Waals surface area contributed by atoms with Gasteiger partial charge in [-0.2, -0.15) is 84.9 Å². The second kappa shape index (κ2) is 22.1. The molecule has 2 radical (unpaired) electrons. The molecule has 0 fully saturated rings. The Morgan fingerprint density at radius 3 is 1.13 bits per heavy atom. The van der Waals surface area contributed by atoms with E-state index in [0.29, 0.717) is 0 Å². The first kappa shape index (κ1) is 35.0. The smallest absolute Gasteiger partial charge is 0.171 e. The minimum atomic E-state index is 0. The summed E-state index contributed by atoms with van der Waals surface area (Å²) in [5, 5.41) is 5.46. The third kappa shape index (κ3) is 13.0. The van der Waals surface area contributed by atoms with Crippen LogP contribution in [0.4, 0.5) is 0 Å². The van der Waals surface area contributed by atoms with Gasteiger partial charge in [0, 0.05) is 0 Å². The van der Waals surface area contributed by atoms with Crippen molar-refractivity contribution in [1.29, 1.82) is 0 Å². The molecule has 0 bridgehead atoms. The van der Waals surface area contributed by atoms with Gasteiger partial charge >= 0.3 is 26.8 Å². The zero-order valence-electron chi connectivity index (χ0n) is 23.1. The summed E-state index contributed by atoms with van der Waals surface area (Å²) < 4.78 is 0. The molecule has 6 rings (SSSR count). The second-order valence-electron chi connectivity index (χ2n) is 7.85. The zero-order chi connectivity index (χ0) is 25.8. The molecule has 0 heterocycles. The molecule has 0 aliphatic rings. The quantitative estimate of drug-likeness (QED) is 0.150. The molecule has 0 saturated heterocycles. The SMILES string of the molecule is CCc1cc2ccccc2[cH-]1.CCc1cc2ccccc2[cH-]1.[CH3-].[CH3-].[Si]=[Ti].[c-]1ccccc1.[c-]1ccccc1. The van der Waals surface area contributed by atoms with E-state index in [4.69, 9.17) is 0 Å². The van der Waals surface area contributed by atoms with Crippen LogP contribution in [-0.4, -0.2) is 7.63 Å². The molecular weight excluding hydrogens is 508 g/mol. The molecule has 0 atom stereocenters. The first-order valence-corrected chi connectivity index (χ1v) is 15.0. The van der Waals surface area contributed by atoms with Gasteiger partial charge in [-0.3, -0.25) is 0 Å². The van der Waals surface area contributed by atoms with Crippen LogP contribution in [0.5, 0.6) is 0 Å². The predicted octanol–water partition coefficient (Wildman–Crippen LogP) is 9.73. The van der Waals surface area contributed by atoms with Crippen LogP contribution >= 0.6 is 0 Å². The molecule has 196 valence electrons. The average molecular weight is 547 g/mol. The average Bonchev–Trinajstić information content (AvgIpc) is 3.61. The Kier molecular flexibility index (Phi) is 20.3. The molecule has 0 nitrogen and oxygen atoms in total. The summed E-state index contributed by atoms with van der Waals surface area (Å²) in [5.74, 6) is 0. The van der Waals surface area contributed by atoms with Crippen LogP contribution in [-0.2, 0) is 32.0 Å². The van der Waals surface area contributed by atoms with E-state index in [0.717, 1.165) is 12.8 Å². The number of hydrogen-bond acceptors (Lipinski definition) is 0. The van der Waals surface area contributed by atoms with E-state index in [2.05, 4.69) is 106 Å². The van der Waals surface area contributed by atoms with Crippen LogP contribution in [0, 0.1) is 27.0 Å². The number of benzene rings is 4. The van der Waals surface area contributed by atoms with Crippen molar-refractivity contribution in [3.05, 3.63) is 172 Å². The summed E-state index contributed by atoms with van der Waals surface area (Å²) in [6, 6.07) is 51.0. The Morgan fingerprint density at radius 2 is 0.895 bits per heavy atom. The van der Waals surface area contributed by atoms with E-state index >= 15 is 0 Å². The van der Waals surface area contributed by atoms with Crippen LogP contribution in [0.3, 0.4) is 0 Å². The maximum Gasteiger partial charge on any atom is -0.171 e. The molecular formula is C36H38SiTi-6. The Bertz CT molecular complexity index is 1110. The Hall–Kier alpha value is -2.97. The second-order valence-corrected chi connectivity index (χ2v) is 7.85. The maximum absolute atomic E-state index is 2.97. The molecule has 2 heteroatoms. The molecule has 0 amide bonds. The first-order valence-electron chi connectivity index (χ1n) is 12.2. The molecule has 6 aromatic rings. The van der Waals surface area contributed by atoms with Crippen molar-refractivity contribution in [2.24, 2.45) is 0 Å². The topological polar surface area (TPSA) is 0 Å². The normalized spacial score (nSPS) is 8.76. The first-order chi connectivity index (χ1) is 17.8. The van der Waals surface area contributed by atoms with Gasteiger partial charge in [-0.1, -0.05) is 26.0 Å². The Balaban J connectivity index is 0.000000478. The number of aryl methyl sites for hydroxylation is 2. The maximum atomic E-state index is 2.97. The molecule has 0 spiro atoms. The zero-order valence-corrected chi connectivity index (χ0v) is 25.7. The summed E-state index contributed by atoms with van der Waals surface area (Å²) in [7, 11) is 2.97. The van der Waals surface area contributed by atoms with Crippen LogP contribution in [0.15, 0.2) is 133 Å². The van der Waals surface area contributed by atoms with Gasteiger partial charge in [-0.25, -0.2) is 0 Å². The Morgan fingerprint density at radius 1 is 0.553 bits per heavy atom. The van der Waals surface area contributed by atoms with E-state index in [-0.39, 0.29) is 14.9 Å². The van der Waals surface area contributed by atoms with Gasteiger partial charge in [0.25, 0.3) is 0 Å². The summed E-state index contributed by atoms with van der Waals surface area (Å²) in [5.41, 5.74) is 2.87. The van der Waals surface area contributed by atoms with E-state index in [9.17, 15) is 0 Å². The molecule has 0 saturated carbocycles. The molecule has 0 N–H and O–H groups in total. The Labute approximate surface area is 245 Å². The van der Waals surface area contributed by atoms with Gasteiger partial charge in [0.15, 0.2) is 0 Å². The number of hydrogen-bond donors (Lipinski definition) is 0. The number of fused-ring (bicyclic) bond motifs is 2. The fourth-order valence-electron chi connectivity index (χ4n) is 3.52. The van der Waals surface area contributed by atoms with Gasteiger partial charge in [-0.05, 0) is 12.8 Å². The molecule has 0 aliphatic heterocycles. The van der Waals surface area contributed by atoms with E-state index in [1.165, 1.54) is 32.7 Å². The molecule has 6 aromatic carbocycles. The molecule has 38 heavy (non-hydrogen) atoms. The standard InChI is InChI=1S/2C11H11.2C6H5.2CH3.Si.Ti/c2*1-2-9-7-10-5-3-4-6-11(10)8-9;2*1-2-4-6-5-3-1;;;;/h2*3-8H,2H2,1H3;2*1-5H;2*1H3;;/q6*-1;;.